The zero-order chi connectivity index (χ0) is 20.5. The standard InChI is InChI=1S/C20H26N2O6/c1-28-20(25)17-13-16(24)7-3-2-6-11-21(12-10-15(17)14-23)18-8-4-5-9-19(18)22(26)27/h4-5,8-9,14-15,17H,2-3,6-7,10-13H2,1H3. The van der Waals surface area contributed by atoms with Gasteiger partial charge in [0.1, 0.15) is 17.8 Å². The van der Waals surface area contributed by atoms with Gasteiger partial charge in [0.25, 0.3) is 5.69 Å². The van der Waals surface area contributed by atoms with Crippen LogP contribution in [0.3, 0.4) is 0 Å². The fraction of sp³-hybridized carbons (Fsp3) is 0.550. The fourth-order valence-electron chi connectivity index (χ4n) is 3.62. The third-order valence-electron chi connectivity index (χ3n) is 5.18. The molecule has 0 amide bonds. The molecular weight excluding hydrogens is 364 g/mol. The smallest absolute Gasteiger partial charge is 0.309 e. The highest BCUT2D eigenvalue weighted by Crippen LogP contribution is 2.30. The molecule has 0 spiro atoms. The average Bonchev–Trinajstić information content (AvgIpc) is 2.69. The highest BCUT2D eigenvalue weighted by Gasteiger charge is 2.32. The summed E-state index contributed by atoms with van der Waals surface area (Å²) in [4.78, 5) is 48.9. The third-order valence-corrected chi connectivity index (χ3v) is 5.18. The Morgan fingerprint density at radius 2 is 2.00 bits per heavy atom. The first-order valence-corrected chi connectivity index (χ1v) is 9.51. The molecule has 1 saturated heterocycles. The molecule has 152 valence electrons. The van der Waals surface area contributed by atoms with Crippen LogP contribution in [0, 0.1) is 22.0 Å². The normalized spacial score (nSPS) is 21.9. The van der Waals surface area contributed by atoms with Gasteiger partial charge in [-0.1, -0.05) is 18.6 Å². The second-order valence-corrected chi connectivity index (χ2v) is 7.00. The lowest BCUT2D eigenvalue weighted by Crippen LogP contribution is -2.34. The molecule has 0 N–H and O–H groups in total. The average molecular weight is 390 g/mol. The molecule has 2 unspecified atom stereocenters. The summed E-state index contributed by atoms with van der Waals surface area (Å²) in [6, 6.07) is 6.51. The van der Waals surface area contributed by atoms with E-state index in [1.165, 1.54) is 13.2 Å². The van der Waals surface area contributed by atoms with Gasteiger partial charge in [0, 0.05) is 37.9 Å². The Balaban J connectivity index is 2.29. The SMILES string of the molecule is COC(=O)C1CC(=O)CCCCCN(c2ccccc2[N+](=O)[O-])CCC1C=O. The maximum Gasteiger partial charge on any atom is 0.309 e. The first kappa shape index (κ1) is 21.5. The van der Waals surface area contributed by atoms with E-state index < -0.39 is 22.7 Å². The number of nitro benzene ring substituents is 1. The Morgan fingerprint density at radius 3 is 2.68 bits per heavy atom. The summed E-state index contributed by atoms with van der Waals surface area (Å²) in [6.45, 7) is 0.948. The van der Waals surface area contributed by atoms with Crippen LogP contribution in [-0.2, 0) is 19.1 Å². The van der Waals surface area contributed by atoms with Crippen molar-refractivity contribution >= 4 is 29.4 Å². The zero-order valence-corrected chi connectivity index (χ0v) is 16.0. The molecule has 1 aliphatic rings. The van der Waals surface area contributed by atoms with Crippen LogP contribution in [0.25, 0.3) is 0 Å². The van der Waals surface area contributed by atoms with E-state index in [0.717, 1.165) is 12.8 Å². The predicted molar refractivity (Wildman–Crippen MR) is 103 cm³/mol. The van der Waals surface area contributed by atoms with E-state index in [2.05, 4.69) is 0 Å². The topological polar surface area (TPSA) is 107 Å². The van der Waals surface area contributed by atoms with E-state index in [1.807, 2.05) is 4.90 Å². The Bertz CT molecular complexity index is 720. The Labute approximate surface area is 164 Å². The van der Waals surface area contributed by atoms with Crippen LogP contribution in [-0.4, -0.2) is 43.2 Å². The van der Waals surface area contributed by atoms with E-state index in [4.69, 9.17) is 4.74 Å². The van der Waals surface area contributed by atoms with E-state index in [1.54, 1.807) is 18.2 Å². The number of anilines is 1. The predicted octanol–water partition coefficient (Wildman–Crippen LogP) is 2.93. The van der Waals surface area contributed by atoms with E-state index in [9.17, 15) is 24.5 Å². The number of esters is 1. The number of hydrogen-bond donors (Lipinski definition) is 0. The first-order chi connectivity index (χ1) is 13.5. The van der Waals surface area contributed by atoms with Gasteiger partial charge >= 0.3 is 5.97 Å². The molecule has 0 radical (unpaired) electrons. The number of methoxy groups -OCH3 is 1. The van der Waals surface area contributed by atoms with Crippen molar-refractivity contribution in [2.45, 2.75) is 38.5 Å². The van der Waals surface area contributed by atoms with Gasteiger partial charge in [-0.2, -0.15) is 0 Å². The van der Waals surface area contributed by atoms with Crippen LogP contribution in [0.1, 0.15) is 38.5 Å². The van der Waals surface area contributed by atoms with Crippen LogP contribution in [0.4, 0.5) is 11.4 Å². The van der Waals surface area contributed by atoms with Crippen LogP contribution < -0.4 is 4.90 Å². The number of carbonyl (C=O) groups excluding carboxylic acids is 3. The molecule has 0 aromatic heterocycles. The van der Waals surface area contributed by atoms with Crippen molar-refractivity contribution in [2.75, 3.05) is 25.1 Å². The van der Waals surface area contributed by atoms with Crippen LogP contribution in [0.2, 0.25) is 0 Å². The molecule has 1 fully saturated rings. The molecule has 1 aromatic carbocycles. The highest BCUT2D eigenvalue weighted by atomic mass is 16.6. The van der Waals surface area contributed by atoms with Gasteiger partial charge in [0.05, 0.1) is 18.0 Å². The van der Waals surface area contributed by atoms with Gasteiger partial charge in [-0.15, -0.1) is 0 Å². The number of nitrogens with zero attached hydrogens (tertiary/aromatic N) is 2. The number of Topliss-reactive ketones (excluding diaryl/α,β-unsaturated/α-hetero) is 1. The summed E-state index contributed by atoms with van der Waals surface area (Å²) >= 11 is 0. The molecule has 0 saturated carbocycles. The number of benzene rings is 1. The number of hydrogen-bond acceptors (Lipinski definition) is 7. The van der Waals surface area contributed by atoms with Gasteiger partial charge in [0.2, 0.25) is 0 Å². The molecule has 1 heterocycles. The van der Waals surface area contributed by atoms with Crippen molar-refractivity contribution in [3.05, 3.63) is 34.4 Å². The molecule has 1 aliphatic heterocycles. The highest BCUT2D eigenvalue weighted by molar-refractivity contribution is 5.86. The number of nitro groups is 1. The molecule has 2 atom stereocenters. The van der Waals surface area contributed by atoms with Gasteiger partial charge in [-0.25, -0.2) is 0 Å². The Hall–Kier alpha value is -2.77. The minimum Gasteiger partial charge on any atom is -0.469 e. The summed E-state index contributed by atoms with van der Waals surface area (Å²) in [5.74, 6) is -2.11. The van der Waals surface area contributed by atoms with Gasteiger partial charge < -0.3 is 14.4 Å². The van der Waals surface area contributed by atoms with Crippen molar-refractivity contribution < 1.29 is 24.0 Å². The maximum atomic E-state index is 12.2. The Kier molecular flexibility index (Phi) is 8.10. The summed E-state index contributed by atoms with van der Waals surface area (Å²) in [6.07, 6.45) is 3.62. The number of carbonyl (C=O) groups is 3. The molecular formula is C20H26N2O6. The minimum atomic E-state index is -0.818. The number of ketones is 1. The molecule has 8 heteroatoms. The molecule has 0 bridgehead atoms. The Morgan fingerprint density at radius 1 is 1.25 bits per heavy atom. The monoisotopic (exact) mass is 390 g/mol. The maximum absolute atomic E-state index is 12.2. The van der Waals surface area contributed by atoms with Crippen molar-refractivity contribution in [1.82, 2.24) is 0 Å². The zero-order valence-electron chi connectivity index (χ0n) is 16.0. The van der Waals surface area contributed by atoms with Crippen molar-refractivity contribution in [2.24, 2.45) is 11.8 Å². The van der Waals surface area contributed by atoms with E-state index in [-0.39, 0.29) is 17.9 Å². The molecule has 1 aromatic rings. The summed E-state index contributed by atoms with van der Waals surface area (Å²) in [7, 11) is 1.24. The van der Waals surface area contributed by atoms with Crippen LogP contribution >= 0.6 is 0 Å². The molecule has 0 aliphatic carbocycles. The van der Waals surface area contributed by atoms with Crippen molar-refractivity contribution in [3.63, 3.8) is 0 Å². The number of para-hydroxylation sites is 2. The minimum absolute atomic E-state index is 0.0111. The lowest BCUT2D eigenvalue weighted by molar-refractivity contribution is -0.384. The summed E-state index contributed by atoms with van der Waals surface area (Å²) in [5, 5.41) is 11.4. The number of ether oxygens (including phenoxy) is 1. The fourth-order valence-corrected chi connectivity index (χ4v) is 3.62. The van der Waals surface area contributed by atoms with Crippen molar-refractivity contribution in [3.8, 4) is 0 Å². The first-order valence-electron chi connectivity index (χ1n) is 9.51. The van der Waals surface area contributed by atoms with Crippen LogP contribution in [0.5, 0.6) is 0 Å². The molecule has 28 heavy (non-hydrogen) atoms. The van der Waals surface area contributed by atoms with E-state index in [0.29, 0.717) is 44.3 Å². The molecule has 8 nitrogen and oxygen atoms in total. The largest absolute Gasteiger partial charge is 0.469 e. The third kappa shape index (κ3) is 5.61. The number of rotatable bonds is 4. The van der Waals surface area contributed by atoms with Gasteiger partial charge in [0.15, 0.2) is 0 Å². The molecule has 2 rings (SSSR count). The quantitative estimate of drug-likeness (QED) is 0.337. The lowest BCUT2D eigenvalue weighted by Gasteiger charge is -2.28. The van der Waals surface area contributed by atoms with E-state index >= 15 is 0 Å². The van der Waals surface area contributed by atoms with Crippen molar-refractivity contribution in [1.29, 1.82) is 0 Å². The van der Waals surface area contributed by atoms with Gasteiger partial charge in [-0.05, 0) is 25.3 Å². The lowest BCUT2D eigenvalue weighted by atomic mass is 9.85. The second kappa shape index (κ2) is 10.5. The van der Waals surface area contributed by atoms with Crippen LogP contribution in [0.15, 0.2) is 24.3 Å². The van der Waals surface area contributed by atoms with Gasteiger partial charge in [-0.3, -0.25) is 19.7 Å². The number of aldehydes is 1. The second-order valence-electron chi connectivity index (χ2n) is 7.00. The summed E-state index contributed by atoms with van der Waals surface area (Å²) in [5.41, 5.74) is 0.511. The summed E-state index contributed by atoms with van der Waals surface area (Å²) < 4.78 is 4.80.